The summed E-state index contributed by atoms with van der Waals surface area (Å²) in [4.78, 5) is 33.7. The highest BCUT2D eigenvalue weighted by Gasteiger charge is 2.36. The van der Waals surface area contributed by atoms with Crippen LogP contribution in [0.5, 0.6) is 0 Å². The van der Waals surface area contributed by atoms with Crippen molar-refractivity contribution in [2.24, 2.45) is 0 Å². The Labute approximate surface area is 178 Å². The van der Waals surface area contributed by atoms with Crippen LogP contribution < -0.4 is 0 Å². The van der Waals surface area contributed by atoms with Gasteiger partial charge in [-0.25, -0.2) is 13.4 Å². The molecule has 0 radical (unpaired) electrons. The number of hydrogen-bond donors (Lipinski definition) is 1. The SMILES string of the molecule is CC1CN(C(=O)c2ccccc2)CCN1S(=O)(=O)c1ccc(C(=O)c2cnc[nH]2)s1. The van der Waals surface area contributed by atoms with Crippen molar-refractivity contribution in [3.63, 3.8) is 0 Å². The normalized spacial score (nSPS) is 17.8. The van der Waals surface area contributed by atoms with E-state index in [1.165, 1.54) is 29.0 Å². The number of nitrogens with zero attached hydrogens (tertiary/aromatic N) is 3. The van der Waals surface area contributed by atoms with Crippen molar-refractivity contribution < 1.29 is 18.0 Å². The molecule has 4 rings (SSSR count). The fraction of sp³-hybridized carbons (Fsp3) is 0.250. The van der Waals surface area contributed by atoms with Crippen LogP contribution in [0.1, 0.15) is 32.6 Å². The number of amides is 1. The summed E-state index contributed by atoms with van der Waals surface area (Å²) in [6.07, 6.45) is 2.80. The fourth-order valence-electron chi connectivity index (χ4n) is 3.45. The van der Waals surface area contributed by atoms with E-state index in [0.717, 1.165) is 11.3 Å². The predicted octanol–water partition coefficient (Wildman–Crippen LogP) is 2.24. The van der Waals surface area contributed by atoms with Gasteiger partial charge in [0, 0.05) is 31.2 Å². The van der Waals surface area contributed by atoms with Gasteiger partial charge in [-0.1, -0.05) is 18.2 Å². The van der Waals surface area contributed by atoms with Crippen molar-refractivity contribution in [2.45, 2.75) is 17.2 Å². The predicted molar refractivity (Wildman–Crippen MR) is 112 cm³/mol. The average Bonchev–Trinajstić information content (AvgIpc) is 3.45. The van der Waals surface area contributed by atoms with Crippen molar-refractivity contribution in [1.29, 1.82) is 0 Å². The number of benzene rings is 1. The van der Waals surface area contributed by atoms with Gasteiger partial charge in [0.25, 0.3) is 15.9 Å². The topological polar surface area (TPSA) is 103 Å². The number of rotatable bonds is 5. The summed E-state index contributed by atoms with van der Waals surface area (Å²) in [5.74, 6) is -0.409. The highest BCUT2D eigenvalue weighted by Crippen LogP contribution is 2.29. The van der Waals surface area contributed by atoms with Crippen LogP contribution in [0.3, 0.4) is 0 Å². The summed E-state index contributed by atoms with van der Waals surface area (Å²) in [6, 6.07) is 11.5. The molecule has 1 saturated heterocycles. The molecule has 10 heteroatoms. The van der Waals surface area contributed by atoms with Gasteiger partial charge in [-0.15, -0.1) is 11.3 Å². The van der Waals surface area contributed by atoms with Crippen molar-refractivity contribution in [1.82, 2.24) is 19.2 Å². The van der Waals surface area contributed by atoms with Crippen molar-refractivity contribution >= 4 is 33.1 Å². The molecule has 1 amide bonds. The van der Waals surface area contributed by atoms with Gasteiger partial charge < -0.3 is 9.88 Å². The first-order valence-corrected chi connectivity index (χ1v) is 11.6. The Kier molecular flexibility index (Phi) is 5.54. The van der Waals surface area contributed by atoms with E-state index < -0.39 is 10.0 Å². The van der Waals surface area contributed by atoms with Crippen LogP contribution in [0.25, 0.3) is 0 Å². The van der Waals surface area contributed by atoms with Gasteiger partial charge >= 0.3 is 0 Å². The fourth-order valence-corrected chi connectivity index (χ4v) is 6.46. The third-order valence-electron chi connectivity index (χ3n) is 4.99. The third kappa shape index (κ3) is 3.81. The van der Waals surface area contributed by atoms with Crippen LogP contribution in [0.4, 0.5) is 0 Å². The number of aromatic nitrogens is 2. The number of aromatic amines is 1. The van der Waals surface area contributed by atoms with Crippen LogP contribution in [-0.2, 0) is 10.0 Å². The maximum absolute atomic E-state index is 13.2. The third-order valence-corrected chi connectivity index (χ3v) is 8.55. The summed E-state index contributed by atoms with van der Waals surface area (Å²) in [7, 11) is -3.77. The first-order chi connectivity index (χ1) is 14.4. The van der Waals surface area contributed by atoms with Gasteiger partial charge in [0.2, 0.25) is 5.78 Å². The number of carbonyl (C=O) groups excluding carboxylic acids is 2. The molecule has 0 spiro atoms. The van der Waals surface area contributed by atoms with Crippen molar-refractivity contribution in [2.75, 3.05) is 19.6 Å². The minimum absolute atomic E-state index is 0.108. The maximum Gasteiger partial charge on any atom is 0.253 e. The number of piperazine rings is 1. The number of nitrogens with one attached hydrogen (secondary N) is 1. The number of ketones is 1. The molecule has 1 aromatic carbocycles. The second-order valence-corrected chi connectivity index (χ2v) is 10.2. The molecular weight excluding hydrogens is 424 g/mol. The number of thiophene rings is 1. The Balaban J connectivity index is 1.49. The zero-order valence-electron chi connectivity index (χ0n) is 16.2. The monoisotopic (exact) mass is 444 g/mol. The molecule has 0 saturated carbocycles. The molecule has 1 aliphatic rings. The summed E-state index contributed by atoms with van der Waals surface area (Å²) in [6.45, 7) is 2.59. The highest BCUT2D eigenvalue weighted by molar-refractivity contribution is 7.91. The number of sulfonamides is 1. The van der Waals surface area contributed by atoms with E-state index in [1.807, 2.05) is 6.07 Å². The van der Waals surface area contributed by atoms with Crippen molar-refractivity contribution in [3.8, 4) is 0 Å². The lowest BCUT2D eigenvalue weighted by Gasteiger charge is -2.38. The Morgan fingerprint density at radius 1 is 1.13 bits per heavy atom. The average molecular weight is 445 g/mol. The quantitative estimate of drug-likeness (QED) is 0.608. The molecule has 2 aromatic heterocycles. The summed E-state index contributed by atoms with van der Waals surface area (Å²) < 4.78 is 27.8. The molecule has 8 nitrogen and oxygen atoms in total. The van der Waals surface area contributed by atoms with E-state index in [9.17, 15) is 18.0 Å². The second kappa shape index (κ2) is 8.13. The van der Waals surface area contributed by atoms with Gasteiger partial charge in [-0.05, 0) is 31.2 Å². The van der Waals surface area contributed by atoms with Crippen LogP contribution in [0.15, 0.2) is 59.2 Å². The molecule has 156 valence electrons. The summed E-state index contributed by atoms with van der Waals surface area (Å²) >= 11 is 0.938. The number of imidazole rings is 1. The van der Waals surface area contributed by atoms with E-state index in [-0.39, 0.29) is 28.5 Å². The second-order valence-electron chi connectivity index (χ2n) is 7.00. The summed E-state index contributed by atoms with van der Waals surface area (Å²) in [5.41, 5.74) is 0.892. The van der Waals surface area contributed by atoms with Crippen LogP contribution in [0.2, 0.25) is 0 Å². The lowest BCUT2D eigenvalue weighted by molar-refractivity contribution is 0.0642. The number of hydrogen-bond acceptors (Lipinski definition) is 6. The van der Waals surface area contributed by atoms with Crippen LogP contribution in [0, 0.1) is 0 Å². The Bertz CT molecular complexity index is 1160. The van der Waals surface area contributed by atoms with Crippen molar-refractivity contribution in [3.05, 3.63) is 71.1 Å². The molecule has 30 heavy (non-hydrogen) atoms. The van der Waals surface area contributed by atoms with Gasteiger partial charge in [0.1, 0.15) is 9.90 Å². The zero-order valence-corrected chi connectivity index (χ0v) is 17.8. The van der Waals surface area contributed by atoms with Crippen LogP contribution in [-0.4, -0.2) is 65.0 Å². The molecule has 1 aliphatic heterocycles. The lowest BCUT2D eigenvalue weighted by atomic mass is 10.1. The Hall–Kier alpha value is -2.82. The van der Waals surface area contributed by atoms with Gasteiger partial charge in [-0.3, -0.25) is 9.59 Å². The van der Waals surface area contributed by atoms with Gasteiger partial charge in [0.05, 0.1) is 17.4 Å². The van der Waals surface area contributed by atoms with E-state index in [0.29, 0.717) is 29.2 Å². The molecule has 3 aromatic rings. The number of H-pyrrole nitrogens is 1. The van der Waals surface area contributed by atoms with E-state index in [1.54, 1.807) is 36.1 Å². The Morgan fingerprint density at radius 3 is 2.57 bits per heavy atom. The van der Waals surface area contributed by atoms with Gasteiger partial charge in [-0.2, -0.15) is 4.31 Å². The molecule has 1 unspecified atom stereocenters. The highest BCUT2D eigenvalue weighted by atomic mass is 32.2. The van der Waals surface area contributed by atoms with E-state index in [4.69, 9.17) is 0 Å². The molecule has 1 atom stereocenters. The lowest BCUT2D eigenvalue weighted by Crippen LogP contribution is -2.55. The summed E-state index contributed by atoms with van der Waals surface area (Å²) in [5, 5.41) is 0. The molecule has 3 heterocycles. The molecule has 0 bridgehead atoms. The minimum atomic E-state index is -3.77. The zero-order chi connectivity index (χ0) is 21.3. The van der Waals surface area contributed by atoms with E-state index >= 15 is 0 Å². The van der Waals surface area contributed by atoms with Gasteiger partial charge in [0.15, 0.2) is 0 Å². The smallest absolute Gasteiger partial charge is 0.253 e. The minimum Gasteiger partial charge on any atom is -0.342 e. The maximum atomic E-state index is 13.2. The first-order valence-electron chi connectivity index (χ1n) is 9.37. The molecule has 1 N–H and O–H groups in total. The number of carbonyl (C=O) groups is 2. The Morgan fingerprint density at radius 2 is 1.90 bits per heavy atom. The molecular formula is C20H20N4O4S2. The van der Waals surface area contributed by atoms with E-state index in [2.05, 4.69) is 9.97 Å². The largest absolute Gasteiger partial charge is 0.342 e. The molecule has 1 fully saturated rings. The molecule has 0 aliphatic carbocycles. The first kappa shape index (κ1) is 20.5. The van der Waals surface area contributed by atoms with Crippen LogP contribution >= 0.6 is 11.3 Å². The standard InChI is InChI=1S/C20H20N4O4S2/c1-14-12-23(20(26)15-5-3-2-4-6-15)9-10-24(14)30(27,28)18-8-7-17(29-18)19(25)16-11-21-13-22-16/h2-8,11,13-14H,9-10,12H2,1H3,(H,21,22).